The molecule has 158 valence electrons. The molecule has 1 saturated heterocycles. The minimum absolute atomic E-state index is 0.0580. The lowest BCUT2D eigenvalue weighted by atomic mass is 9.43. The molecule has 6 rings (SSSR count). The molecule has 0 aromatic rings. The van der Waals surface area contributed by atoms with E-state index in [1.807, 2.05) is 7.11 Å². The summed E-state index contributed by atoms with van der Waals surface area (Å²) < 4.78 is 12.0. The van der Waals surface area contributed by atoms with E-state index < -0.39 is 5.60 Å². The van der Waals surface area contributed by atoms with E-state index in [-0.39, 0.29) is 41.0 Å². The summed E-state index contributed by atoms with van der Waals surface area (Å²) in [6.07, 6.45) is 4.75. The molecule has 0 radical (unpaired) electrons. The third-order valence-corrected chi connectivity index (χ3v) is 10.9. The minimum Gasteiger partial charge on any atom is -0.392 e. The Bertz CT molecular complexity index is 688. The number of hydrogen-bond donors (Lipinski definition) is 2. The highest BCUT2D eigenvalue weighted by Gasteiger charge is 2.83. The molecule has 1 heterocycles. The maximum absolute atomic E-state index is 12.4. The normalized spacial score (nSPS) is 64.3. The molecule has 28 heavy (non-hydrogen) atoms. The average molecular weight is 392 g/mol. The monoisotopic (exact) mass is 391 g/mol. The van der Waals surface area contributed by atoms with Gasteiger partial charge in [0.2, 0.25) is 0 Å². The lowest BCUT2D eigenvalue weighted by Gasteiger charge is -2.68. The van der Waals surface area contributed by atoms with Crippen molar-refractivity contribution in [3.8, 4) is 0 Å². The van der Waals surface area contributed by atoms with Crippen molar-refractivity contribution in [1.29, 1.82) is 0 Å². The fraction of sp³-hybridized carbons (Fsp3) is 1.00. The standard InChI is InChI=1S/C23H37NO4/c1-5-24-11-21(2)7-6-17(25)23-13-8-12-15(27-3)10-22(26,18(13)19(12)28-4)14(20(23)24)9-16(21)23/h12-20,25-26H,5-11H2,1-4H3/t12-,13-,14?,15+,16-,17+,18-,19+,20-,21+,22+,23-/m1/s1. The van der Waals surface area contributed by atoms with E-state index in [0.717, 1.165) is 45.2 Å². The van der Waals surface area contributed by atoms with Gasteiger partial charge in [-0.2, -0.15) is 0 Å². The Kier molecular flexibility index (Phi) is 3.67. The van der Waals surface area contributed by atoms with Crippen molar-refractivity contribution in [2.45, 2.75) is 75.9 Å². The van der Waals surface area contributed by atoms with Crippen molar-refractivity contribution < 1.29 is 19.7 Å². The molecule has 6 fully saturated rings. The van der Waals surface area contributed by atoms with E-state index in [1.165, 1.54) is 0 Å². The molecule has 5 heteroatoms. The minimum atomic E-state index is -0.731. The fourth-order valence-corrected chi connectivity index (χ4v) is 10.4. The van der Waals surface area contributed by atoms with E-state index in [9.17, 15) is 10.2 Å². The Morgan fingerprint density at radius 1 is 1.14 bits per heavy atom. The largest absolute Gasteiger partial charge is 0.392 e. The van der Waals surface area contributed by atoms with E-state index in [4.69, 9.17) is 9.47 Å². The molecule has 0 amide bonds. The second-order valence-corrected chi connectivity index (χ2v) is 11.3. The molecule has 1 spiro atoms. The molecule has 0 aromatic heterocycles. The van der Waals surface area contributed by atoms with Crippen LogP contribution < -0.4 is 0 Å². The van der Waals surface area contributed by atoms with Crippen LogP contribution in [0.25, 0.3) is 0 Å². The molecule has 12 atom stereocenters. The number of aliphatic hydroxyl groups excluding tert-OH is 1. The summed E-state index contributed by atoms with van der Waals surface area (Å²) in [5.74, 6) is 1.58. The molecule has 5 aliphatic carbocycles. The molecule has 5 saturated carbocycles. The highest BCUT2D eigenvalue weighted by atomic mass is 16.5. The number of fused-ring (bicyclic) bond motifs is 2. The molecule has 7 bridgehead atoms. The van der Waals surface area contributed by atoms with Crippen LogP contribution in [0.5, 0.6) is 0 Å². The number of ether oxygens (including phenoxy) is 2. The van der Waals surface area contributed by atoms with Crippen LogP contribution in [0.1, 0.15) is 46.0 Å². The third-order valence-electron chi connectivity index (χ3n) is 10.9. The summed E-state index contributed by atoms with van der Waals surface area (Å²) in [5.41, 5.74) is -0.543. The van der Waals surface area contributed by atoms with Crippen LogP contribution in [0.2, 0.25) is 0 Å². The summed E-state index contributed by atoms with van der Waals surface area (Å²) in [6, 6.07) is 0.309. The summed E-state index contributed by atoms with van der Waals surface area (Å²) >= 11 is 0. The highest BCUT2D eigenvalue weighted by Crippen LogP contribution is 2.78. The van der Waals surface area contributed by atoms with Crippen LogP contribution in [-0.2, 0) is 9.47 Å². The van der Waals surface area contributed by atoms with E-state index in [2.05, 4.69) is 18.7 Å². The summed E-state index contributed by atoms with van der Waals surface area (Å²) in [7, 11) is 3.61. The van der Waals surface area contributed by atoms with Crippen LogP contribution in [-0.4, -0.2) is 72.4 Å². The summed E-state index contributed by atoms with van der Waals surface area (Å²) in [6.45, 7) is 6.88. The maximum atomic E-state index is 12.4. The molecule has 2 N–H and O–H groups in total. The molecule has 5 nitrogen and oxygen atoms in total. The molecule has 1 unspecified atom stereocenters. The molecule has 6 aliphatic rings. The second-order valence-electron chi connectivity index (χ2n) is 11.3. The summed E-state index contributed by atoms with van der Waals surface area (Å²) in [5, 5.41) is 24.0. The number of aliphatic hydroxyl groups is 2. The predicted molar refractivity (Wildman–Crippen MR) is 105 cm³/mol. The van der Waals surface area contributed by atoms with Crippen molar-refractivity contribution in [1.82, 2.24) is 4.90 Å². The fourth-order valence-electron chi connectivity index (χ4n) is 10.4. The molecule has 1 aliphatic heterocycles. The van der Waals surface area contributed by atoms with Gasteiger partial charge in [-0.25, -0.2) is 0 Å². The quantitative estimate of drug-likeness (QED) is 0.770. The Morgan fingerprint density at radius 2 is 1.93 bits per heavy atom. The Labute approximate surface area is 168 Å². The zero-order valence-electron chi connectivity index (χ0n) is 17.8. The SMILES string of the molecule is CCN1C[C@]2(C)CC[C@H](O)[C@@]34[C@@H]5C[C@H]6[C@H](OC)[C@@H]5[C@](O)(C[C@@H]6OC)C(C[C@H]23)[C@@H]14. The summed E-state index contributed by atoms with van der Waals surface area (Å²) in [4.78, 5) is 2.65. The number of rotatable bonds is 3. The van der Waals surface area contributed by atoms with Crippen LogP contribution >= 0.6 is 0 Å². The average Bonchev–Trinajstić information content (AvgIpc) is 3.16. The van der Waals surface area contributed by atoms with Gasteiger partial charge < -0.3 is 19.7 Å². The third kappa shape index (κ3) is 1.73. The van der Waals surface area contributed by atoms with Gasteiger partial charge in [0.05, 0.1) is 23.9 Å². The first-order valence-electron chi connectivity index (χ1n) is 11.6. The first kappa shape index (κ1) is 18.6. The number of hydrogen-bond acceptors (Lipinski definition) is 5. The Balaban J connectivity index is 1.59. The van der Waals surface area contributed by atoms with E-state index in [0.29, 0.717) is 23.8 Å². The predicted octanol–water partition coefficient (Wildman–Crippen LogP) is 1.90. The lowest BCUT2D eigenvalue weighted by Crippen LogP contribution is -2.75. The van der Waals surface area contributed by atoms with Crippen LogP contribution in [0.4, 0.5) is 0 Å². The van der Waals surface area contributed by atoms with Gasteiger partial charge in [-0.15, -0.1) is 0 Å². The first-order chi connectivity index (χ1) is 13.4. The van der Waals surface area contributed by atoms with Gasteiger partial charge in [-0.05, 0) is 49.5 Å². The number of likely N-dealkylation sites (tertiary alicyclic amines) is 1. The smallest absolute Gasteiger partial charge is 0.0771 e. The van der Waals surface area contributed by atoms with Crippen LogP contribution in [0.15, 0.2) is 0 Å². The number of methoxy groups -OCH3 is 2. The van der Waals surface area contributed by atoms with E-state index in [1.54, 1.807) is 7.11 Å². The van der Waals surface area contributed by atoms with E-state index >= 15 is 0 Å². The zero-order chi connectivity index (χ0) is 19.6. The van der Waals surface area contributed by atoms with Crippen LogP contribution in [0.3, 0.4) is 0 Å². The Hall–Kier alpha value is -0.200. The first-order valence-corrected chi connectivity index (χ1v) is 11.6. The van der Waals surface area contributed by atoms with Crippen molar-refractivity contribution in [2.75, 3.05) is 27.3 Å². The van der Waals surface area contributed by atoms with Gasteiger partial charge in [-0.3, -0.25) is 4.90 Å². The topological polar surface area (TPSA) is 62.2 Å². The van der Waals surface area contributed by atoms with Gasteiger partial charge >= 0.3 is 0 Å². The molecular formula is C23H37NO4. The van der Waals surface area contributed by atoms with Crippen molar-refractivity contribution in [3.05, 3.63) is 0 Å². The van der Waals surface area contributed by atoms with Gasteiger partial charge in [0.15, 0.2) is 0 Å². The van der Waals surface area contributed by atoms with Gasteiger partial charge in [-0.1, -0.05) is 13.8 Å². The lowest BCUT2D eigenvalue weighted by molar-refractivity contribution is -0.268. The zero-order valence-corrected chi connectivity index (χ0v) is 17.8. The Morgan fingerprint density at radius 3 is 2.61 bits per heavy atom. The number of piperidine rings is 1. The van der Waals surface area contributed by atoms with Crippen molar-refractivity contribution >= 4 is 0 Å². The molecular weight excluding hydrogens is 354 g/mol. The van der Waals surface area contributed by atoms with Crippen LogP contribution in [0, 0.1) is 40.4 Å². The van der Waals surface area contributed by atoms with Crippen molar-refractivity contribution in [2.24, 2.45) is 40.4 Å². The second kappa shape index (κ2) is 5.53. The van der Waals surface area contributed by atoms with Gasteiger partial charge in [0.1, 0.15) is 0 Å². The number of nitrogens with zero attached hydrogens (tertiary/aromatic N) is 1. The highest BCUT2D eigenvalue weighted by molar-refractivity contribution is 5.32. The van der Waals surface area contributed by atoms with Crippen molar-refractivity contribution in [3.63, 3.8) is 0 Å². The van der Waals surface area contributed by atoms with Gasteiger partial charge in [0.25, 0.3) is 0 Å². The van der Waals surface area contributed by atoms with Gasteiger partial charge in [0, 0.05) is 56.4 Å². The maximum Gasteiger partial charge on any atom is 0.0771 e. The molecule has 0 aromatic carbocycles.